The average Bonchev–Trinajstić information content (AvgIpc) is 2.46. The normalized spacial score (nSPS) is 17.1. The molecule has 1 aliphatic rings. The van der Waals surface area contributed by atoms with Gasteiger partial charge in [-0.2, -0.15) is 0 Å². The molecule has 1 N–H and O–H groups in total. The lowest BCUT2D eigenvalue weighted by Crippen LogP contribution is -2.07. The number of benzene rings is 1. The van der Waals surface area contributed by atoms with Crippen LogP contribution in [0, 0.1) is 0 Å². The Bertz CT molecular complexity index is 473. The third-order valence-electron chi connectivity index (χ3n) is 2.87. The van der Waals surface area contributed by atoms with Crippen molar-refractivity contribution in [3.8, 4) is 5.75 Å². The van der Waals surface area contributed by atoms with E-state index in [1.165, 1.54) is 24.3 Å². The zero-order valence-corrected chi connectivity index (χ0v) is 8.55. The Balaban J connectivity index is 2.15. The fourth-order valence-corrected chi connectivity index (χ4v) is 2.93. The lowest BCUT2D eigenvalue weighted by molar-refractivity contribution is 0.419. The molecule has 1 aliphatic carbocycles. The van der Waals surface area contributed by atoms with E-state index >= 15 is 0 Å². The number of phenols is 1. The van der Waals surface area contributed by atoms with Gasteiger partial charge < -0.3 is 5.11 Å². The second-order valence-electron chi connectivity index (χ2n) is 3.81. The van der Waals surface area contributed by atoms with Crippen molar-refractivity contribution in [2.45, 2.75) is 25.2 Å². The summed E-state index contributed by atoms with van der Waals surface area (Å²) < 4.78 is 0.939. The molecule has 1 aromatic heterocycles. The maximum atomic E-state index is 9.63. The molecule has 0 radical (unpaired) electrons. The van der Waals surface area contributed by atoms with Gasteiger partial charge in [-0.1, -0.05) is 12.5 Å². The standard InChI is InChI=1S/C11H11NOS/c13-9-6-2-5-8-10(9)14-11(12-8)7-3-1-4-7/h2,5-7,13H,1,3-4H2. The zero-order valence-electron chi connectivity index (χ0n) is 7.73. The summed E-state index contributed by atoms with van der Waals surface area (Å²) in [6.45, 7) is 0. The van der Waals surface area contributed by atoms with Gasteiger partial charge in [0.15, 0.2) is 0 Å². The summed E-state index contributed by atoms with van der Waals surface area (Å²) in [6, 6.07) is 5.54. The van der Waals surface area contributed by atoms with Crippen molar-refractivity contribution in [2.75, 3.05) is 0 Å². The first-order valence-electron chi connectivity index (χ1n) is 4.93. The van der Waals surface area contributed by atoms with Gasteiger partial charge in [0.25, 0.3) is 0 Å². The molecule has 0 unspecified atom stereocenters. The van der Waals surface area contributed by atoms with Crippen LogP contribution >= 0.6 is 11.3 Å². The van der Waals surface area contributed by atoms with Crippen LogP contribution in [0.5, 0.6) is 5.75 Å². The van der Waals surface area contributed by atoms with Crippen LogP contribution in [0.3, 0.4) is 0 Å². The van der Waals surface area contributed by atoms with E-state index in [2.05, 4.69) is 4.98 Å². The molecule has 1 saturated carbocycles. The molecule has 1 fully saturated rings. The first-order chi connectivity index (χ1) is 6.84. The van der Waals surface area contributed by atoms with E-state index in [9.17, 15) is 5.11 Å². The van der Waals surface area contributed by atoms with E-state index in [0.717, 1.165) is 10.2 Å². The molecule has 1 aromatic carbocycles. The number of phenolic OH excluding ortho intramolecular Hbond substituents is 1. The first kappa shape index (κ1) is 8.24. The molecule has 0 spiro atoms. The fourth-order valence-electron chi connectivity index (χ4n) is 1.78. The molecule has 3 rings (SSSR count). The number of hydrogen-bond donors (Lipinski definition) is 1. The van der Waals surface area contributed by atoms with Crippen molar-refractivity contribution in [2.24, 2.45) is 0 Å². The molecule has 14 heavy (non-hydrogen) atoms. The van der Waals surface area contributed by atoms with E-state index in [4.69, 9.17) is 0 Å². The number of aromatic nitrogens is 1. The molecule has 2 nitrogen and oxygen atoms in total. The maximum absolute atomic E-state index is 9.63. The summed E-state index contributed by atoms with van der Waals surface area (Å²) in [7, 11) is 0. The molecule has 0 aliphatic heterocycles. The Kier molecular flexibility index (Phi) is 1.74. The topological polar surface area (TPSA) is 33.1 Å². The number of aromatic hydroxyl groups is 1. The summed E-state index contributed by atoms with van der Waals surface area (Å²) in [5, 5.41) is 10.8. The highest BCUT2D eigenvalue weighted by atomic mass is 32.1. The van der Waals surface area contributed by atoms with Crippen molar-refractivity contribution in [1.29, 1.82) is 0 Å². The van der Waals surface area contributed by atoms with Gasteiger partial charge in [-0.05, 0) is 25.0 Å². The van der Waals surface area contributed by atoms with Crippen LogP contribution in [0.15, 0.2) is 18.2 Å². The van der Waals surface area contributed by atoms with E-state index in [-0.39, 0.29) is 0 Å². The third-order valence-corrected chi connectivity index (χ3v) is 4.12. The summed E-state index contributed by atoms with van der Waals surface area (Å²) >= 11 is 1.65. The minimum absolute atomic E-state index is 0.366. The van der Waals surface area contributed by atoms with Gasteiger partial charge in [-0.25, -0.2) is 4.98 Å². The van der Waals surface area contributed by atoms with Crippen LogP contribution in [0.1, 0.15) is 30.2 Å². The number of rotatable bonds is 1. The number of nitrogens with zero attached hydrogens (tertiary/aromatic N) is 1. The van der Waals surface area contributed by atoms with E-state index in [1.54, 1.807) is 17.4 Å². The van der Waals surface area contributed by atoms with Gasteiger partial charge in [0.05, 0.1) is 15.2 Å². The minimum atomic E-state index is 0.366. The van der Waals surface area contributed by atoms with Crippen LogP contribution in [-0.2, 0) is 0 Å². The second kappa shape index (κ2) is 2.95. The van der Waals surface area contributed by atoms with Gasteiger partial charge in [0, 0.05) is 5.92 Å². The lowest BCUT2D eigenvalue weighted by atomic mass is 9.86. The quantitative estimate of drug-likeness (QED) is 0.775. The van der Waals surface area contributed by atoms with Gasteiger partial charge in [0.1, 0.15) is 5.75 Å². The molecule has 3 heteroatoms. The Morgan fingerprint density at radius 1 is 1.36 bits per heavy atom. The van der Waals surface area contributed by atoms with E-state index in [1.807, 2.05) is 12.1 Å². The summed E-state index contributed by atoms with van der Waals surface area (Å²) in [4.78, 5) is 4.55. The molecule has 0 amide bonds. The Hall–Kier alpha value is -1.09. The van der Waals surface area contributed by atoms with Crippen LogP contribution in [0.2, 0.25) is 0 Å². The zero-order chi connectivity index (χ0) is 9.54. The number of fused-ring (bicyclic) bond motifs is 1. The highest BCUT2D eigenvalue weighted by Crippen LogP contribution is 2.41. The van der Waals surface area contributed by atoms with E-state index in [0.29, 0.717) is 11.7 Å². The first-order valence-corrected chi connectivity index (χ1v) is 5.74. The van der Waals surface area contributed by atoms with Crippen LogP contribution < -0.4 is 0 Å². The van der Waals surface area contributed by atoms with Gasteiger partial charge >= 0.3 is 0 Å². The summed E-state index contributed by atoms with van der Waals surface area (Å²) in [6.07, 6.45) is 3.85. The van der Waals surface area contributed by atoms with Gasteiger partial charge in [-0.3, -0.25) is 0 Å². The van der Waals surface area contributed by atoms with Gasteiger partial charge in [0.2, 0.25) is 0 Å². The highest BCUT2D eigenvalue weighted by molar-refractivity contribution is 7.19. The molecule has 0 bridgehead atoms. The fraction of sp³-hybridized carbons (Fsp3) is 0.364. The number of hydrogen-bond acceptors (Lipinski definition) is 3. The molecule has 72 valence electrons. The Labute approximate surface area is 86.2 Å². The average molecular weight is 205 g/mol. The SMILES string of the molecule is Oc1cccc2nc(C3CCC3)sc12. The van der Waals surface area contributed by atoms with Crippen molar-refractivity contribution < 1.29 is 5.11 Å². The highest BCUT2D eigenvalue weighted by Gasteiger charge is 2.23. The predicted molar refractivity (Wildman–Crippen MR) is 57.9 cm³/mol. The smallest absolute Gasteiger partial charge is 0.135 e. The predicted octanol–water partition coefficient (Wildman–Crippen LogP) is 3.27. The summed E-state index contributed by atoms with van der Waals surface area (Å²) in [5.74, 6) is 1.03. The van der Waals surface area contributed by atoms with E-state index < -0.39 is 0 Å². The third kappa shape index (κ3) is 1.12. The molecular formula is C11H11NOS. The molecular weight excluding hydrogens is 194 g/mol. The molecule has 0 atom stereocenters. The van der Waals surface area contributed by atoms with Crippen molar-refractivity contribution >= 4 is 21.6 Å². The van der Waals surface area contributed by atoms with Crippen LogP contribution in [0.25, 0.3) is 10.2 Å². The molecule has 0 saturated heterocycles. The van der Waals surface area contributed by atoms with Crippen molar-refractivity contribution in [3.63, 3.8) is 0 Å². The second-order valence-corrected chi connectivity index (χ2v) is 4.84. The van der Waals surface area contributed by atoms with Crippen molar-refractivity contribution in [3.05, 3.63) is 23.2 Å². The minimum Gasteiger partial charge on any atom is -0.506 e. The van der Waals surface area contributed by atoms with Crippen LogP contribution in [-0.4, -0.2) is 10.1 Å². The molecule has 2 aromatic rings. The monoisotopic (exact) mass is 205 g/mol. The summed E-state index contributed by atoms with van der Waals surface area (Å²) in [5.41, 5.74) is 0.942. The van der Waals surface area contributed by atoms with Crippen LogP contribution in [0.4, 0.5) is 0 Å². The maximum Gasteiger partial charge on any atom is 0.135 e. The Morgan fingerprint density at radius 2 is 2.21 bits per heavy atom. The largest absolute Gasteiger partial charge is 0.506 e. The lowest BCUT2D eigenvalue weighted by Gasteiger charge is -2.22. The number of thiazole rings is 1. The van der Waals surface area contributed by atoms with Crippen molar-refractivity contribution in [1.82, 2.24) is 4.98 Å². The Morgan fingerprint density at radius 3 is 2.86 bits per heavy atom. The molecule has 1 heterocycles. The van der Waals surface area contributed by atoms with Gasteiger partial charge in [-0.15, -0.1) is 11.3 Å².